The van der Waals surface area contributed by atoms with Gasteiger partial charge in [0, 0.05) is 0 Å². The van der Waals surface area contributed by atoms with Crippen molar-refractivity contribution < 1.29 is 45.8 Å². The molecule has 13 heteroatoms. The molecule has 42 heavy (non-hydrogen) atoms. The van der Waals surface area contributed by atoms with Crippen molar-refractivity contribution in [2.75, 3.05) is 19.1 Å². The number of carbonyl (C=O) groups is 2. The molecule has 3 aromatic carbocycles. The summed E-state index contributed by atoms with van der Waals surface area (Å²) in [4.78, 5) is 27.4. The Hall–Kier alpha value is -5.38. The van der Waals surface area contributed by atoms with Crippen molar-refractivity contribution in [3.63, 3.8) is 0 Å². The molecular weight excluding hydrogens is 565 g/mol. The predicted octanol–water partition coefficient (Wildman–Crippen LogP) is 5.67. The third kappa shape index (κ3) is 5.34. The standard InChI is InChI=1S/C29H20F5N3O5/c1-40-27(38)23-22(15-8-4-3-5-9-15)17(14-35)26(36)37(24(23)28(39)41-2)20-10-6-7-11-21(20)42-25-18(30)12-16(13-19(25)31)29(32,33)34/h3-13,22H,36H2,1-2H3. The van der Waals surface area contributed by atoms with E-state index < -0.39 is 58.4 Å². The van der Waals surface area contributed by atoms with Crippen LogP contribution >= 0.6 is 0 Å². The number of carbonyl (C=O) groups excluding carboxylic acids is 2. The fraction of sp³-hybridized carbons (Fsp3) is 0.138. The molecule has 0 amide bonds. The number of esters is 2. The van der Waals surface area contributed by atoms with E-state index >= 15 is 0 Å². The number of ether oxygens (including phenoxy) is 3. The van der Waals surface area contributed by atoms with Crippen LogP contribution in [0, 0.1) is 23.0 Å². The lowest BCUT2D eigenvalue weighted by atomic mass is 9.81. The van der Waals surface area contributed by atoms with Gasteiger partial charge in [-0.15, -0.1) is 0 Å². The molecule has 8 nitrogen and oxygen atoms in total. The number of hydrogen-bond donors (Lipinski definition) is 1. The number of rotatable bonds is 6. The number of hydrogen-bond acceptors (Lipinski definition) is 8. The van der Waals surface area contributed by atoms with Crippen LogP contribution in [0.25, 0.3) is 0 Å². The average molecular weight is 585 g/mol. The first-order valence-corrected chi connectivity index (χ1v) is 11.9. The van der Waals surface area contributed by atoms with E-state index in [2.05, 4.69) is 0 Å². The van der Waals surface area contributed by atoms with Gasteiger partial charge in [0.15, 0.2) is 23.1 Å². The fourth-order valence-electron chi connectivity index (χ4n) is 4.42. The highest BCUT2D eigenvalue weighted by Crippen LogP contribution is 2.46. The molecule has 0 radical (unpaired) electrons. The number of nitrogens with zero attached hydrogens (tertiary/aromatic N) is 2. The van der Waals surface area contributed by atoms with Crippen molar-refractivity contribution in [1.29, 1.82) is 5.26 Å². The molecule has 0 bridgehead atoms. The van der Waals surface area contributed by atoms with E-state index in [1.807, 2.05) is 6.07 Å². The van der Waals surface area contributed by atoms with Crippen molar-refractivity contribution in [3.05, 3.63) is 112 Å². The van der Waals surface area contributed by atoms with Gasteiger partial charge in [0.25, 0.3) is 0 Å². The van der Waals surface area contributed by atoms with E-state index in [1.165, 1.54) is 24.3 Å². The Morgan fingerprint density at radius 1 is 0.929 bits per heavy atom. The minimum Gasteiger partial charge on any atom is -0.466 e. The maximum Gasteiger partial charge on any atom is 0.416 e. The lowest BCUT2D eigenvalue weighted by Crippen LogP contribution is -2.40. The van der Waals surface area contributed by atoms with Crippen molar-refractivity contribution in [2.45, 2.75) is 12.1 Å². The van der Waals surface area contributed by atoms with Crippen LogP contribution in [0.4, 0.5) is 27.6 Å². The molecule has 1 aliphatic heterocycles. The van der Waals surface area contributed by atoms with Crippen LogP contribution in [0.3, 0.4) is 0 Å². The van der Waals surface area contributed by atoms with Crippen LogP contribution < -0.4 is 15.4 Å². The second-order valence-electron chi connectivity index (χ2n) is 8.67. The third-order valence-electron chi connectivity index (χ3n) is 6.25. The second kappa shape index (κ2) is 11.6. The zero-order valence-corrected chi connectivity index (χ0v) is 21.8. The van der Waals surface area contributed by atoms with Crippen LogP contribution in [-0.2, 0) is 25.2 Å². The molecule has 1 heterocycles. The van der Waals surface area contributed by atoms with Crippen LogP contribution in [0.15, 0.2) is 89.4 Å². The summed E-state index contributed by atoms with van der Waals surface area (Å²) in [6.07, 6.45) is -5.03. The largest absolute Gasteiger partial charge is 0.466 e. The van der Waals surface area contributed by atoms with Gasteiger partial charge in [0.1, 0.15) is 11.5 Å². The summed E-state index contributed by atoms with van der Waals surface area (Å²) >= 11 is 0. The van der Waals surface area contributed by atoms with Crippen LogP contribution in [0.5, 0.6) is 11.5 Å². The molecule has 4 rings (SSSR count). The van der Waals surface area contributed by atoms with Gasteiger partial charge < -0.3 is 19.9 Å². The number of benzene rings is 3. The lowest BCUT2D eigenvalue weighted by Gasteiger charge is -2.36. The number of anilines is 1. The summed E-state index contributed by atoms with van der Waals surface area (Å²) in [6.45, 7) is 0. The number of nitrogens with two attached hydrogens (primary N) is 1. The normalized spacial score (nSPS) is 15.3. The summed E-state index contributed by atoms with van der Waals surface area (Å²) in [5.74, 6) is -8.60. The number of nitriles is 1. The van der Waals surface area contributed by atoms with Crippen molar-refractivity contribution in [2.24, 2.45) is 5.73 Å². The molecule has 3 aromatic rings. The molecule has 0 fully saturated rings. The number of para-hydroxylation sites is 2. The second-order valence-corrected chi connectivity index (χ2v) is 8.67. The number of halogens is 5. The topological polar surface area (TPSA) is 115 Å². The van der Waals surface area contributed by atoms with E-state index in [1.54, 1.807) is 30.3 Å². The highest BCUT2D eigenvalue weighted by atomic mass is 19.4. The monoisotopic (exact) mass is 585 g/mol. The molecule has 216 valence electrons. The molecular formula is C29H20F5N3O5. The Morgan fingerprint density at radius 2 is 1.50 bits per heavy atom. The summed E-state index contributed by atoms with van der Waals surface area (Å²) in [5, 5.41) is 10.2. The van der Waals surface area contributed by atoms with Gasteiger partial charge in [-0.2, -0.15) is 18.4 Å². The molecule has 0 aliphatic carbocycles. The molecule has 1 atom stereocenters. The summed E-state index contributed by atoms with van der Waals surface area (Å²) < 4.78 is 83.8. The van der Waals surface area contributed by atoms with Crippen LogP contribution in [0.1, 0.15) is 17.0 Å². The first kappa shape index (κ1) is 29.6. The maximum absolute atomic E-state index is 14.7. The zero-order valence-electron chi connectivity index (χ0n) is 21.8. The Labute approximate surface area is 235 Å². The molecule has 2 N–H and O–H groups in total. The molecule has 0 saturated heterocycles. The molecule has 1 aliphatic rings. The molecule has 0 aromatic heterocycles. The van der Waals surface area contributed by atoms with Crippen molar-refractivity contribution in [1.82, 2.24) is 0 Å². The van der Waals surface area contributed by atoms with Gasteiger partial charge in [-0.25, -0.2) is 18.4 Å². The van der Waals surface area contributed by atoms with Crippen molar-refractivity contribution >= 4 is 17.6 Å². The van der Waals surface area contributed by atoms with E-state index in [9.17, 15) is 36.8 Å². The Bertz CT molecular complexity index is 1640. The average Bonchev–Trinajstić information content (AvgIpc) is 2.97. The van der Waals surface area contributed by atoms with Gasteiger partial charge in [-0.3, -0.25) is 4.90 Å². The Morgan fingerprint density at radius 3 is 2.05 bits per heavy atom. The highest BCUT2D eigenvalue weighted by Gasteiger charge is 2.44. The molecule has 1 unspecified atom stereocenters. The Kier molecular flexibility index (Phi) is 8.19. The third-order valence-corrected chi connectivity index (χ3v) is 6.25. The van der Waals surface area contributed by atoms with Gasteiger partial charge in [-0.05, 0) is 29.8 Å². The minimum absolute atomic E-state index is 0.0591. The molecule has 0 saturated carbocycles. The van der Waals surface area contributed by atoms with E-state index in [-0.39, 0.29) is 34.8 Å². The van der Waals surface area contributed by atoms with Crippen LogP contribution in [0.2, 0.25) is 0 Å². The van der Waals surface area contributed by atoms with Crippen LogP contribution in [-0.4, -0.2) is 26.2 Å². The van der Waals surface area contributed by atoms with Gasteiger partial charge >= 0.3 is 18.1 Å². The summed E-state index contributed by atoms with van der Waals surface area (Å²) in [5.41, 5.74) is 4.00. The minimum atomic E-state index is -5.03. The van der Waals surface area contributed by atoms with Crippen molar-refractivity contribution in [3.8, 4) is 17.6 Å². The first-order chi connectivity index (χ1) is 19.9. The smallest absolute Gasteiger partial charge is 0.416 e. The maximum atomic E-state index is 14.7. The summed E-state index contributed by atoms with van der Waals surface area (Å²) in [6, 6.07) is 15.4. The van der Waals surface area contributed by atoms with E-state index in [0.29, 0.717) is 5.56 Å². The van der Waals surface area contributed by atoms with E-state index in [0.717, 1.165) is 19.1 Å². The van der Waals surface area contributed by atoms with E-state index in [4.69, 9.17) is 19.9 Å². The van der Waals surface area contributed by atoms with Gasteiger partial charge in [-0.1, -0.05) is 42.5 Å². The number of methoxy groups -OCH3 is 2. The number of allylic oxidation sites excluding steroid dienone is 1. The molecule has 0 spiro atoms. The zero-order chi connectivity index (χ0) is 30.8. The number of alkyl halides is 3. The highest BCUT2D eigenvalue weighted by molar-refractivity contribution is 6.06. The van der Waals surface area contributed by atoms with Gasteiger partial charge in [0.2, 0.25) is 0 Å². The predicted molar refractivity (Wildman–Crippen MR) is 137 cm³/mol. The quantitative estimate of drug-likeness (QED) is 0.291. The lowest BCUT2D eigenvalue weighted by molar-refractivity contribution is -0.139. The summed E-state index contributed by atoms with van der Waals surface area (Å²) in [7, 11) is 2.08. The Balaban J connectivity index is 1.98. The first-order valence-electron chi connectivity index (χ1n) is 11.9. The SMILES string of the molecule is COC(=O)C1=C(C(=O)OC)N(c2ccccc2Oc2c(F)cc(C(F)(F)F)cc2F)C(N)=C(C#N)C1c1ccccc1. The van der Waals surface area contributed by atoms with Gasteiger partial charge in [0.05, 0.1) is 48.6 Å². The fourth-order valence-corrected chi connectivity index (χ4v) is 4.42.